The summed E-state index contributed by atoms with van der Waals surface area (Å²) in [5, 5.41) is 11.1. The van der Waals surface area contributed by atoms with Gasteiger partial charge in [0.2, 0.25) is 5.91 Å². The van der Waals surface area contributed by atoms with Gasteiger partial charge in [0.15, 0.2) is 0 Å². The van der Waals surface area contributed by atoms with Crippen LogP contribution in [0.15, 0.2) is 97.1 Å². The SMILES string of the molecule is COC(=O)[C@@H]1Cc2c([nH]c3ccccc23)[C@@H](c2ccc(O)cc2)N1C(=O)[C@@H]1CCCN1C(=O)OCC1c2ccccc2-c2ccccc21. The zero-order valence-corrected chi connectivity index (χ0v) is 26.5. The number of rotatable bonds is 5. The molecule has 8 rings (SSSR count). The highest BCUT2D eigenvalue weighted by Gasteiger charge is 2.48. The topological polar surface area (TPSA) is 112 Å². The normalized spacial score (nSPS) is 19.9. The van der Waals surface area contributed by atoms with Crippen molar-refractivity contribution in [1.29, 1.82) is 0 Å². The van der Waals surface area contributed by atoms with Gasteiger partial charge in [0.05, 0.1) is 13.2 Å². The number of benzene rings is 4. The maximum atomic E-state index is 14.8. The lowest BCUT2D eigenvalue weighted by atomic mass is 9.87. The van der Waals surface area contributed by atoms with E-state index < -0.39 is 30.2 Å². The van der Waals surface area contributed by atoms with Gasteiger partial charge in [-0.3, -0.25) is 9.69 Å². The fourth-order valence-corrected chi connectivity index (χ4v) is 7.97. The Balaban J connectivity index is 1.12. The number of phenolic OH excluding ortho intramolecular Hbond substituents is 1. The number of para-hydroxylation sites is 1. The van der Waals surface area contributed by atoms with Crippen LogP contribution in [0.4, 0.5) is 4.79 Å². The summed E-state index contributed by atoms with van der Waals surface area (Å²) in [5.74, 6) is -0.901. The van der Waals surface area contributed by atoms with Gasteiger partial charge in [0.25, 0.3) is 0 Å². The van der Waals surface area contributed by atoms with Crippen LogP contribution in [0, 0.1) is 0 Å². The Labute approximate surface area is 277 Å². The maximum Gasteiger partial charge on any atom is 0.410 e. The molecule has 3 atom stereocenters. The van der Waals surface area contributed by atoms with Gasteiger partial charge >= 0.3 is 12.1 Å². The van der Waals surface area contributed by atoms with Gasteiger partial charge in [0.1, 0.15) is 24.4 Å². The highest BCUT2D eigenvalue weighted by Crippen LogP contribution is 2.45. The van der Waals surface area contributed by atoms with Crippen LogP contribution in [0.5, 0.6) is 5.75 Å². The Hall–Kier alpha value is -5.57. The Morgan fingerprint density at radius 3 is 2.23 bits per heavy atom. The Kier molecular flexibility index (Phi) is 7.39. The second-order valence-corrected chi connectivity index (χ2v) is 12.7. The van der Waals surface area contributed by atoms with E-state index in [0.29, 0.717) is 24.9 Å². The summed E-state index contributed by atoms with van der Waals surface area (Å²) in [6.45, 7) is 0.513. The molecule has 0 bridgehead atoms. The van der Waals surface area contributed by atoms with Crippen molar-refractivity contribution in [3.63, 3.8) is 0 Å². The Morgan fingerprint density at radius 1 is 0.854 bits per heavy atom. The predicted molar refractivity (Wildman–Crippen MR) is 179 cm³/mol. The third-order valence-corrected chi connectivity index (χ3v) is 10.2. The van der Waals surface area contributed by atoms with Crippen LogP contribution >= 0.6 is 0 Å². The first-order chi connectivity index (χ1) is 23.4. The molecule has 0 saturated carbocycles. The largest absolute Gasteiger partial charge is 0.508 e. The van der Waals surface area contributed by atoms with E-state index in [2.05, 4.69) is 29.2 Å². The number of carbonyl (C=O) groups excluding carboxylic acids is 3. The molecule has 2 N–H and O–H groups in total. The smallest absolute Gasteiger partial charge is 0.410 e. The van der Waals surface area contributed by atoms with E-state index in [-0.39, 0.29) is 30.6 Å². The van der Waals surface area contributed by atoms with E-state index in [0.717, 1.165) is 44.4 Å². The van der Waals surface area contributed by atoms with Gasteiger partial charge in [-0.05, 0) is 64.4 Å². The number of aromatic hydroxyl groups is 1. The van der Waals surface area contributed by atoms with Gasteiger partial charge < -0.3 is 24.5 Å². The molecule has 1 aromatic heterocycles. The van der Waals surface area contributed by atoms with E-state index in [4.69, 9.17) is 9.47 Å². The number of aromatic amines is 1. The molecule has 5 aromatic rings. The van der Waals surface area contributed by atoms with Crippen molar-refractivity contribution < 1.29 is 29.0 Å². The van der Waals surface area contributed by atoms with Crippen LogP contribution < -0.4 is 0 Å². The van der Waals surface area contributed by atoms with E-state index in [1.807, 2.05) is 48.5 Å². The molecule has 2 aliphatic heterocycles. The molecule has 0 spiro atoms. The van der Waals surface area contributed by atoms with Crippen LogP contribution in [0.2, 0.25) is 0 Å². The Bertz CT molecular complexity index is 2010. The third kappa shape index (κ3) is 4.80. The lowest BCUT2D eigenvalue weighted by Crippen LogP contribution is -2.57. The van der Waals surface area contributed by atoms with E-state index >= 15 is 0 Å². The van der Waals surface area contributed by atoms with Crippen molar-refractivity contribution in [2.24, 2.45) is 0 Å². The quantitative estimate of drug-likeness (QED) is 0.218. The van der Waals surface area contributed by atoms with Crippen molar-refractivity contribution in [2.45, 2.75) is 43.3 Å². The first kappa shape index (κ1) is 29.8. The molecule has 9 heteroatoms. The highest BCUT2D eigenvalue weighted by molar-refractivity contribution is 5.94. The summed E-state index contributed by atoms with van der Waals surface area (Å²) in [5.41, 5.74) is 7.84. The lowest BCUT2D eigenvalue weighted by molar-refractivity contribution is -0.156. The highest BCUT2D eigenvalue weighted by atomic mass is 16.6. The molecule has 9 nitrogen and oxygen atoms in total. The molecular formula is C39H35N3O6. The number of fused-ring (bicyclic) bond motifs is 6. The molecular weight excluding hydrogens is 606 g/mol. The molecule has 242 valence electrons. The van der Waals surface area contributed by atoms with E-state index in [1.165, 1.54) is 12.0 Å². The summed E-state index contributed by atoms with van der Waals surface area (Å²) < 4.78 is 11.3. The molecule has 0 radical (unpaired) electrons. The van der Waals surface area contributed by atoms with Crippen LogP contribution in [-0.4, -0.2) is 70.2 Å². The minimum atomic E-state index is -0.932. The minimum absolute atomic E-state index is 0.0889. The summed E-state index contributed by atoms with van der Waals surface area (Å²) in [7, 11) is 1.32. The third-order valence-electron chi connectivity index (χ3n) is 10.2. The fourth-order valence-electron chi connectivity index (χ4n) is 7.97. The van der Waals surface area contributed by atoms with Gasteiger partial charge in [-0.15, -0.1) is 0 Å². The fraction of sp³-hybridized carbons (Fsp3) is 0.256. The molecule has 3 aliphatic rings. The number of amides is 2. The number of ether oxygens (including phenoxy) is 2. The molecule has 1 aliphatic carbocycles. The molecule has 3 heterocycles. The average molecular weight is 642 g/mol. The van der Waals surface area contributed by atoms with Crippen LogP contribution in [0.25, 0.3) is 22.0 Å². The minimum Gasteiger partial charge on any atom is -0.508 e. The average Bonchev–Trinajstić information content (AvgIpc) is 3.84. The number of H-pyrrole nitrogens is 1. The first-order valence-corrected chi connectivity index (χ1v) is 16.3. The van der Waals surface area contributed by atoms with Crippen molar-refractivity contribution in [3.05, 3.63) is 125 Å². The second kappa shape index (κ2) is 11.9. The Morgan fingerprint density at radius 2 is 1.52 bits per heavy atom. The lowest BCUT2D eigenvalue weighted by Gasteiger charge is -2.43. The van der Waals surface area contributed by atoms with Crippen molar-refractivity contribution in [1.82, 2.24) is 14.8 Å². The van der Waals surface area contributed by atoms with Gasteiger partial charge in [-0.25, -0.2) is 9.59 Å². The zero-order valence-electron chi connectivity index (χ0n) is 26.5. The van der Waals surface area contributed by atoms with E-state index in [9.17, 15) is 19.5 Å². The molecule has 1 saturated heterocycles. The predicted octanol–water partition coefficient (Wildman–Crippen LogP) is 6.30. The molecule has 2 amide bonds. The van der Waals surface area contributed by atoms with Crippen molar-refractivity contribution >= 4 is 28.9 Å². The monoisotopic (exact) mass is 641 g/mol. The van der Waals surface area contributed by atoms with E-state index in [1.54, 1.807) is 29.2 Å². The van der Waals surface area contributed by atoms with Crippen molar-refractivity contribution in [2.75, 3.05) is 20.3 Å². The number of likely N-dealkylation sites (tertiary alicyclic amines) is 1. The number of phenols is 1. The van der Waals surface area contributed by atoms with Gasteiger partial charge in [-0.1, -0.05) is 78.9 Å². The summed E-state index contributed by atoms with van der Waals surface area (Å²) in [4.78, 5) is 48.7. The number of aromatic nitrogens is 1. The van der Waals surface area contributed by atoms with Crippen LogP contribution in [-0.2, 0) is 25.5 Å². The summed E-state index contributed by atoms with van der Waals surface area (Å²) in [6.07, 6.45) is 0.768. The van der Waals surface area contributed by atoms with Crippen molar-refractivity contribution in [3.8, 4) is 16.9 Å². The van der Waals surface area contributed by atoms with Gasteiger partial charge in [0, 0.05) is 35.5 Å². The second-order valence-electron chi connectivity index (χ2n) is 12.7. The molecule has 1 fully saturated rings. The number of hydrogen-bond acceptors (Lipinski definition) is 6. The first-order valence-electron chi connectivity index (χ1n) is 16.3. The molecule has 48 heavy (non-hydrogen) atoms. The standard InChI is InChI=1S/C39H35N3O6/c1-47-38(45)34-21-30-29-13-6-7-14-32(29)40-35(30)36(23-16-18-24(43)19-17-23)42(34)37(44)33-15-8-20-41(33)39(46)48-22-31-27-11-4-2-9-25(27)26-10-3-5-12-28(26)31/h2-7,9-14,16-19,31,33-34,36,40,43H,8,15,20-22H2,1H3/t33-,34-,36+/m0/s1. The number of esters is 1. The number of nitrogens with one attached hydrogen (secondary N) is 1. The van der Waals surface area contributed by atoms with Crippen LogP contribution in [0.3, 0.4) is 0 Å². The zero-order chi connectivity index (χ0) is 32.9. The molecule has 0 unspecified atom stereocenters. The molecule has 4 aromatic carbocycles. The van der Waals surface area contributed by atoms with Gasteiger partial charge in [-0.2, -0.15) is 0 Å². The number of hydrogen-bond donors (Lipinski definition) is 2. The summed E-state index contributed by atoms with van der Waals surface area (Å²) in [6, 6.07) is 28.4. The summed E-state index contributed by atoms with van der Waals surface area (Å²) >= 11 is 0. The maximum absolute atomic E-state index is 14.8. The number of nitrogens with zero attached hydrogens (tertiary/aromatic N) is 2. The number of methoxy groups -OCH3 is 1. The van der Waals surface area contributed by atoms with Crippen LogP contribution in [0.1, 0.15) is 52.7 Å². The number of carbonyl (C=O) groups is 3.